The fourth-order valence-corrected chi connectivity index (χ4v) is 4.76. The van der Waals surface area contributed by atoms with Crippen LogP contribution in [0.1, 0.15) is 74.5 Å². The molecule has 4 rings (SSSR count). The molecule has 1 N–H and O–H groups in total. The van der Waals surface area contributed by atoms with Crippen molar-refractivity contribution in [3.8, 4) is 0 Å². The van der Waals surface area contributed by atoms with Crippen molar-refractivity contribution < 1.29 is 14.3 Å². The zero-order chi connectivity index (χ0) is 16.0. The number of esters is 1. The summed E-state index contributed by atoms with van der Waals surface area (Å²) in [6, 6.07) is 1.90. The highest BCUT2D eigenvalue weighted by Crippen LogP contribution is 2.53. The first-order valence-corrected chi connectivity index (χ1v) is 8.95. The first-order chi connectivity index (χ1) is 11.1. The van der Waals surface area contributed by atoms with E-state index >= 15 is 0 Å². The van der Waals surface area contributed by atoms with Crippen molar-refractivity contribution in [2.45, 2.75) is 70.5 Å². The molecule has 0 bridgehead atoms. The SMILES string of the molecule is CC1(C)[C@@H]2OCC[C@@H]2[C@@H]1OC(=O)c1cc(C2CCCCC2)[nH]n1. The van der Waals surface area contributed by atoms with E-state index in [2.05, 4.69) is 24.0 Å². The van der Waals surface area contributed by atoms with Crippen LogP contribution >= 0.6 is 0 Å². The topological polar surface area (TPSA) is 64.2 Å². The van der Waals surface area contributed by atoms with E-state index in [0.29, 0.717) is 17.5 Å². The number of carbonyl (C=O) groups excluding carboxylic acids is 1. The van der Waals surface area contributed by atoms with Crippen molar-refractivity contribution in [3.63, 3.8) is 0 Å². The van der Waals surface area contributed by atoms with Crippen LogP contribution in [0, 0.1) is 11.3 Å². The molecule has 1 aliphatic heterocycles. The van der Waals surface area contributed by atoms with Gasteiger partial charge in [-0.2, -0.15) is 5.10 Å². The van der Waals surface area contributed by atoms with Crippen LogP contribution in [0.25, 0.3) is 0 Å². The lowest BCUT2D eigenvalue weighted by Gasteiger charge is -2.52. The minimum absolute atomic E-state index is 0.0580. The van der Waals surface area contributed by atoms with Crippen molar-refractivity contribution in [2.75, 3.05) is 6.61 Å². The van der Waals surface area contributed by atoms with E-state index in [1.54, 1.807) is 0 Å². The van der Waals surface area contributed by atoms with Gasteiger partial charge in [0, 0.05) is 29.6 Å². The van der Waals surface area contributed by atoms with Crippen LogP contribution in [0.5, 0.6) is 0 Å². The number of aromatic nitrogens is 2. The van der Waals surface area contributed by atoms with E-state index in [9.17, 15) is 4.79 Å². The molecular formula is C18H26N2O3. The van der Waals surface area contributed by atoms with Crippen LogP contribution in [-0.2, 0) is 9.47 Å². The van der Waals surface area contributed by atoms with Crippen molar-refractivity contribution in [2.24, 2.45) is 11.3 Å². The summed E-state index contributed by atoms with van der Waals surface area (Å²) < 4.78 is 11.6. The lowest BCUT2D eigenvalue weighted by molar-refractivity contribution is -0.183. The molecule has 2 heterocycles. The molecule has 2 saturated carbocycles. The number of aromatic amines is 1. The summed E-state index contributed by atoms with van der Waals surface area (Å²) in [7, 11) is 0. The Morgan fingerprint density at radius 3 is 2.87 bits per heavy atom. The van der Waals surface area contributed by atoms with Gasteiger partial charge in [0.25, 0.3) is 0 Å². The number of carbonyl (C=O) groups is 1. The van der Waals surface area contributed by atoms with Gasteiger partial charge in [0.05, 0.1) is 6.10 Å². The van der Waals surface area contributed by atoms with Gasteiger partial charge in [-0.25, -0.2) is 4.79 Å². The average molecular weight is 318 g/mol. The Morgan fingerprint density at radius 1 is 1.30 bits per heavy atom. The summed E-state index contributed by atoms with van der Waals surface area (Å²) >= 11 is 0. The monoisotopic (exact) mass is 318 g/mol. The maximum atomic E-state index is 12.5. The van der Waals surface area contributed by atoms with Crippen LogP contribution in [0.15, 0.2) is 6.07 Å². The second-order valence-electron chi connectivity index (χ2n) is 7.93. The third-order valence-electron chi connectivity index (χ3n) is 6.08. The van der Waals surface area contributed by atoms with Crippen molar-refractivity contribution in [1.29, 1.82) is 0 Å². The van der Waals surface area contributed by atoms with E-state index in [0.717, 1.165) is 18.7 Å². The maximum Gasteiger partial charge on any atom is 0.359 e. The first-order valence-electron chi connectivity index (χ1n) is 8.95. The summed E-state index contributed by atoms with van der Waals surface area (Å²) in [6.07, 6.45) is 7.39. The van der Waals surface area contributed by atoms with Crippen LogP contribution in [0.2, 0.25) is 0 Å². The molecule has 1 saturated heterocycles. The molecule has 1 aromatic heterocycles. The second kappa shape index (κ2) is 5.62. The highest BCUT2D eigenvalue weighted by Gasteiger charge is 2.61. The Hall–Kier alpha value is -1.36. The summed E-state index contributed by atoms with van der Waals surface area (Å²) in [4.78, 5) is 12.5. The Bertz CT molecular complexity index is 589. The summed E-state index contributed by atoms with van der Waals surface area (Å²) in [5.41, 5.74) is 1.41. The van der Waals surface area contributed by atoms with E-state index in [1.807, 2.05) is 6.07 Å². The summed E-state index contributed by atoms with van der Waals surface area (Å²) in [5.74, 6) is 0.572. The molecule has 126 valence electrons. The maximum absolute atomic E-state index is 12.5. The second-order valence-corrected chi connectivity index (χ2v) is 7.93. The van der Waals surface area contributed by atoms with E-state index in [-0.39, 0.29) is 23.6 Å². The fraction of sp³-hybridized carbons (Fsp3) is 0.778. The van der Waals surface area contributed by atoms with Gasteiger partial charge in [-0.1, -0.05) is 33.1 Å². The highest BCUT2D eigenvalue weighted by atomic mass is 16.6. The molecule has 23 heavy (non-hydrogen) atoms. The summed E-state index contributed by atoms with van der Waals surface area (Å²) in [5, 5.41) is 7.26. The van der Waals surface area contributed by atoms with Crippen LogP contribution < -0.4 is 0 Å². The van der Waals surface area contributed by atoms with Crippen LogP contribution in [0.3, 0.4) is 0 Å². The number of hydrogen-bond donors (Lipinski definition) is 1. The predicted molar refractivity (Wildman–Crippen MR) is 85.2 cm³/mol. The standard InChI is InChI=1S/C18H26N2O3/c1-18(2)15-12(8-9-22-15)16(18)23-17(21)14-10-13(19-20-14)11-6-4-3-5-7-11/h10-12,15-16H,3-9H2,1-2H3,(H,19,20)/t12-,15+,16-/m0/s1. The van der Waals surface area contributed by atoms with Gasteiger partial charge in [0.15, 0.2) is 5.69 Å². The van der Waals surface area contributed by atoms with Gasteiger partial charge in [-0.15, -0.1) is 0 Å². The lowest BCUT2D eigenvalue weighted by Crippen LogP contribution is -2.61. The average Bonchev–Trinajstić information content (AvgIpc) is 3.21. The van der Waals surface area contributed by atoms with E-state index in [4.69, 9.17) is 9.47 Å². The van der Waals surface area contributed by atoms with E-state index in [1.165, 1.54) is 32.1 Å². The minimum Gasteiger partial charge on any atom is -0.457 e. The molecule has 0 unspecified atom stereocenters. The molecule has 0 amide bonds. The quantitative estimate of drug-likeness (QED) is 0.867. The van der Waals surface area contributed by atoms with Crippen molar-refractivity contribution in [3.05, 3.63) is 17.5 Å². The summed E-state index contributed by atoms with van der Waals surface area (Å²) in [6.45, 7) is 5.02. The van der Waals surface area contributed by atoms with Crippen LogP contribution in [0.4, 0.5) is 0 Å². The van der Waals surface area contributed by atoms with E-state index < -0.39 is 0 Å². The molecule has 2 aliphatic carbocycles. The largest absolute Gasteiger partial charge is 0.457 e. The molecule has 0 spiro atoms. The molecule has 5 nitrogen and oxygen atoms in total. The Morgan fingerprint density at radius 2 is 2.09 bits per heavy atom. The first kappa shape index (κ1) is 15.2. The van der Waals surface area contributed by atoms with Gasteiger partial charge >= 0.3 is 5.97 Å². The highest BCUT2D eigenvalue weighted by molar-refractivity contribution is 5.87. The van der Waals surface area contributed by atoms with Gasteiger partial charge in [0.1, 0.15) is 6.10 Å². The lowest BCUT2D eigenvalue weighted by atomic mass is 9.59. The zero-order valence-corrected chi connectivity index (χ0v) is 14.0. The molecule has 3 atom stereocenters. The Kier molecular flexibility index (Phi) is 3.71. The third-order valence-corrected chi connectivity index (χ3v) is 6.08. The van der Waals surface area contributed by atoms with Crippen LogP contribution in [-0.4, -0.2) is 35.0 Å². The number of nitrogens with one attached hydrogen (secondary N) is 1. The molecule has 5 heteroatoms. The molecule has 3 fully saturated rings. The fourth-order valence-electron chi connectivity index (χ4n) is 4.76. The van der Waals surface area contributed by atoms with Gasteiger partial charge in [0.2, 0.25) is 0 Å². The van der Waals surface area contributed by atoms with Gasteiger partial charge in [-0.05, 0) is 25.3 Å². The normalized spacial score (nSPS) is 33.0. The number of rotatable bonds is 3. The third kappa shape index (κ3) is 2.49. The Labute approximate surface area is 137 Å². The smallest absolute Gasteiger partial charge is 0.359 e. The van der Waals surface area contributed by atoms with Crippen molar-refractivity contribution in [1.82, 2.24) is 10.2 Å². The molecular weight excluding hydrogens is 292 g/mol. The van der Waals surface area contributed by atoms with Gasteiger partial charge < -0.3 is 9.47 Å². The van der Waals surface area contributed by atoms with Crippen molar-refractivity contribution >= 4 is 5.97 Å². The van der Waals surface area contributed by atoms with Gasteiger partial charge in [-0.3, -0.25) is 5.10 Å². The minimum atomic E-state index is -0.299. The zero-order valence-electron chi connectivity index (χ0n) is 14.0. The number of ether oxygens (including phenoxy) is 2. The molecule has 3 aliphatic rings. The Balaban J connectivity index is 1.42. The number of H-pyrrole nitrogens is 1. The predicted octanol–water partition coefficient (Wildman–Crippen LogP) is 3.43. The number of fused-ring (bicyclic) bond motifs is 1. The molecule has 1 aromatic rings. The number of hydrogen-bond acceptors (Lipinski definition) is 4. The number of nitrogens with zero attached hydrogens (tertiary/aromatic N) is 1. The molecule has 0 aromatic carbocycles. The molecule has 0 radical (unpaired) electrons.